The van der Waals surface area contributed by atoms with Crippen molar-refractivity contribution in [3.05, 3.63) is 12.2 Å². The topological polar surface area (TPSA) is 66.4 Å². The van der Waals surface area contributed by atoms with Crippen LogP contribution in [0.25, 0.3) is 0 Å². The molecule has 0 aromatic carbocycles. The third-order valence-corrected chi connectivity index (χ3v) is 4.41. The number of hydrogen-bond donors (Lipinski definition) is 2. The third kappa shape index (κ3) is 2.28. The van der Waals surface area contributed by atoms with Crippen LogP contribution >= 0.6 is 0 Å². The minimum absolute atomic E-state index is 0.00191. The number of allylic oxidation sites excluding steroid dienone is 2. The second kappa shape index (κ2) is 5.12. The van der Waals surface area contributed by atoms with Gasteiger partial charge in [0, 0.05) is 5.92 Å². The molecule has 100 valence electrons. The highest BCUT2D eigenvalue weighted by atomic mass is 16.4. The number of aliphatic carboxylic acids is 1. The highest BCUT2D eigenvalue weighted by Crippen LogP contribution is 2.34. The van der Waals surface area contributed by atoms with Gasteiger partial charge in [-0.1, -0.05) is 31.9 Å². The molecule has 0 spiro atoms. The van der Waals surface area contributed by atoms with E-state index >= 15 is 0 Å². The maximum atomic E-state index is 12.2. The van der Waals surface area contributed by atoms with E-state index in [-0.39, 0.29) is 17.7 Å². The molecule has 2 N–H and O–H groups in total. The first kappa shape index (κ1) is 13.1. The van der Waals surface area contributed by atoms with Crippen LogP contribution < -0.4 is 5.32 Å². The second-order valence-electron chi connectivity index (χ2n) is 5.55. The molecule has 2 aliphatic rings. The average molecular weight is 251 g/mol. The summed E-state index contributed by atoms with van der Waals surface area (Å²) in [4.78, 5) is 23.8. The van der Waals surface area contributed by atoms with Crippen LogP contribution in [0.1, 0.15) is 45.4 Å². The highest BCUT2D eigenvalue weighted by molar-refractivity contribution is 5.88. The van der Waals surface area contributed by atoms with Gasteiger partial charge in [-0.2, -0.15) is 0 Å². The van der Waals surface area contributed by atoms with E-state index in [1.54, 1.807) is 0 Å². The fourth-order valence-electron chi connectivity index (χ4n) is 3.06. The minimum Gasteiger partial charge on any atom is -0.479 e. The van der Waals surface area contributed by atoms with Gasteiger partial charge >= 0.3 is 5.97 Å². The Hall–Kier alpha value is -1.32. The van der Waals surface area contributed by atoms with Crippen LogP contribution in [0.15, 0.2) is 12.2 Å². The first-order valence-electron chi connectivity index (χ1n) is 6.76. The summed E-state index contributed by atoms with van der Waals surface area (Å²) in [6, 6.07) is 0. The fourth-order valence-corrected chi connectivity index (χ4v) is 3.06. The minimum atomic E-state index is -1.04. The Morgan fingerprint density at radius 2 is 1.94 bits per heavy atom. The quantitative estimate of drug-likeness (QED) is 0.755. The molecule has 0 radical (unpaired) electrons. The van der Waals surface area contributed by atoms with Gasteiger partial charge in [0.2, 0.25) is 5.91 Å². The van der Waals surface area contributed by atoms with Gasteiger partial charge in [0.05, 0.1) is 0 Å². The van der Waals surface area contributed by atoms with Gasteiger partial charge in [0.1, 0.15) is 5.54 Å². The van der Waals surface area contributed by atoms with Crippen molar-refractivity contribution in [1.29, 1.82) is 0 Å². The molecular weight excluding hydrogens is 230 g/mol. The van der Waals surface area contributed by atoms with Crippen molar-refractivity contribution in [2.24, 2.45) is 11.8 Å². The Kier molecular flexibility index (Phi) is 3.73. The van der Waals surface area contributed by atoms with E-state index in [1.165, 1.54) is 0 Å². The molecular formula is C14H21NO3. The number of nitrogens with one attached hydrogen (secondary N) is 1. The predicted molar refractivity (Wildman–Crippen MR) is 68.0 cm³/mol. The smallest absolute Gasteiger partial charge is 0.329 e. The van der Waals surface area contributed by atoms with Gasteiger partial charge < -0.3 is 10.4 Å². The van der Waals surface area contributed by atoms with Gasteiger partial charge in [-0.3, -0.25) is 4.79 Å². The maximum Gasteiger partial charge on any atom is 0.329 e. The van der Waals surface area contributed by atoms with Gasteiger partial charge in [-0.25, -0.2) is 4.79 Å². The zero-order valence-electron chi connectivity index (χ0n) is 10.8. The number of hydrogen-bond acceptors (Lipinski definition) is 2. The van der Waals surface area contributed by atoms with Gasteiger partial charge in [-0.15, -0.1) is 0 Å². The summed E-state index contributed by atoms with van der Waals surface area (Å²) >= 11 is 0. The molecule has 1 fully saturated rings. The Labute approximate surface area is 107 Å². The molecule has 0 aliphatic heterocycles. The van der Waals surface area contributed by atoms with E-state index in [0.29, 0.717) is 6.42 Å². The lowest BCUT2D eigenvalue weighted by atomic mass is 9.73. The molecule has 1 amide bonds. The zero-order chi connectivity index (χ0) is 13.2. The second-order valence-corrected chi connectivity index (χ2v) is 5.55. The molecule has 2 rings (SSSR count). The van der Waals surface area contributed by atoms with Crippen molar-refractivity contribution in [3.63, 3.8) is 0 Å². The van der Waals surface area contributed by atoms with Crippen molar-refractivity contribution in [1.82, 2.24) is 5.32 Å². The van der Waals surface area contributed by atoms with Crippen LogP contribution in [-0.2, 0) is 9.59 Å². The summed E-state index contributed by atoms with van der Waals surface area (Å²) < 4.78 is 0. The molecule has 0 aromatic rings. The Balaban J connectivity index is 2.10. The normalized spacial score (nSPS) is 32.4. The molecule has 1 saturated carbocycles. The van der Waals surface area contributed by atoms with Crippen molar-refractivity contribution in [3.8, 4) is 0 Å². The van der Waals surface area contributed by atoms with Gasteiger partial charge in [0.25, 0.3) is 0 Å². The molecule has 18 heavy (non-hydrogen) atoms. The van der Waals surface area contributed by atoms with Crippen LogP contribution in [0.4, 0.5) is 0 Å². The summed E-state index contributed by atoms with van der Waals surface area (Å²) in [6.45, 7) is 1.93. The summed E-state index contributed by atoms with van der Waals surface area (Å²) in [5.41, 5.74) is -1.04. The molecule has 0 bridgehead atoms. The molecule has 0 aromatic heterocycles. The summed E-state index contributed by atoms with van der Waals surface area (Å²) in [7, 11) is 0. The number of carboxylic acids is 1. The van der Waals surface area contributed by atoms with Crippen LogP contribution in [-0.4, -0.2) is 22.5 Å². The first-order chi connectivity index (χ1) is 8.56. The number of carboxylic acid groups (broad SMARTS) is 1. The molecule has 4 nitrogen and oxygen atoms in total. The van der Waals surface area contributed by atoms with E-state index in [1.807, 2.05) is 19.1 Å². The first-order valence-corrected chi connectivity index (χ1v) is 6.76. The number of amides is 1. The van der Waals surface area contributed by atoms with Crippen LogP contribution in [0.5, 0.6) is 0 Å². The van der Waals surface area contributed by atoms with Crippen molar-refractivity contribution < 1.29 is 14.7 Å². The van der Waals surface area contributed by atoms with E-state index in [2.05, 4.69) is 5.32 Å². The SMILES string of the molecule is CC1CCCCC1(NC(=O)C1CC=CC1)C(=O)O. The zero-order valence-corrected chi connectivity index (χ0v) is 10.8. The number of rotatable bonds is 3. The Morgan fingerprint density at radius 1 is 1.28 bits per heavy atom. The molecule has 2 atom stereocenters. The molecule has 0 saturated heterocycles. The maximum absolute atomic E-state index is 12.2. The third-order valence-electron chi connectivity index (χ3n) is 4.41. The lowest BCUT2D eigenvalue weighted by Gasteiger charge is -2.40. The van der Waals surface area contributed by atoms with Gasteiger partial charge in [0.15, 0.2) is 0 Å². The number of carbonyl (C=O) groups excluding carboxylic acids is 1. The van der Waals surface area contributed by atoms with E-state index in [0.717, 1.165) is 32.1 Å². The van der Waals surface area contributed by atoms with E-state index in [4.69, 9.17) is 0 Å². The van der Waals surface area contributed by atoms with Crippen LogP contribution in [0.2, 0.25) is 0 Å². The molecule has 2 aliphatic carbocycles. The van der Waals surface area contributed by atoms with Crippen LogP contribution in [0.3, 0.4) is 0 Å². The monoisotopic (exact) mass is 251 g/mol. The predicted octanol–water partition coefficient (Wildman–Crippen LogP) is 2.10. The lowest BCUT2D eigenvalue weighted by molar-refractivity contribution is -0.152. The van der Waals surface area contributed by atoms with Gasteiger partial charge in [-0.05, 0) is 31.6 Å². The standard InChI is InChI=1S/C14H21NO3/c1-10-6-4-5-9-14(10,13(17)18)15-12(16)11-7-2-3-8-11/h2-3,10-11H,4-9H2,1H3,(H,15,16)(H,17,18). The van der Waals surface area contributed by atoms with Crippen molar-refractivity contribution in [2.45, 2.75) is 51.0 Å². The van der Waals surface area contributed by atoms with E-state index in [9.17, 15) is 14.7 Å². The van der Waals surface area contributed by atoms with Crippen molar-refractivity contribution in [2.75, 3.05) is 0 Å². The average Bonchev–Trinajstić information content (AvgIpc) is 2.85. The molecule has 2 unspecified atom stereocenters. The van der Waals surface area contributed by atoms with Crippen molar-refractivity contribution >= 4 is 11.9 Å². The Bertz CT molecular complexity index is 369. The molecule has 4 heteroatoms. The largest absolute Gasteiger partial charge is 0.479 e. The Morgan fingerprint density at radius 3 is 2.50 bits per heavy atom. The van der Waals surface area contributed by atoms with E-state index < -0.39 is 11.5 Å². The summed E-state index contributed by atoms with van der Waals surface area (Å²) in [5, 5.41) is 12.4. The summed E-state index contributed by atoms with van der Waals surface area (Å²) in [6.07, 6.45) is 8.79. The fraction of sp³-hybridized carbons (Fsp3) is 0.714. The molecule has 0 heterocycles. The van der Waals surface area contributed by atoms with Crippen LogP contribution in [0, 0.1) is 11.8 Å². The highest BCUT2D eigenvalue weighted by Gasteiger charge is 2.46. The lowest BCUT2D eigenvalue weighted by Crippen LogP contribution is -2.60. The summed E-state index contributed by atoms with van der Waals surface area (Å²) in [5.74, 6) is -1.05. The number of carbonyl (C=O) groups is 2.